The Morgan fingerprint density at radius 2 is 2.00 bits per heavy atom. The Kier molecular flexibility index (Phi) is 3.95. The first kappa shape index (κ1) is 14.8. The molecular formula is C16H22ClFO. The Morgan fingerprint density at radius 1 is 1.32 bits per heavy atom. The Labute approximate surface area is 119 Å². The summed E-state index contributed by atoms with van der Waals surface area (Å²) < 4.78 is 14.2. The molecular weight excluding hydrogens is 263 g/mol. The third kappa shape index (κ3) is 2.80. The molecule has 1 nitrogen and oxygen atoms in total. The van der Waals surface area contributed by atoms with Crippen LogP contribution in [0.15, 0.2) is 18.2 Å². The Morgan fingerprint density at radius 3 is 2.58 bits per heavy atom. The van der Waals surface area contributed by atoms with Crippen molar-refractivity contribution in [1.82, 2.24) is 0 Å². The Bertz CT molecular complexity index is 466. The molecule has 0 aliphatic heterocycles. The average Bonchev–Trinajstić information content (AvgIpc) is 2.27. The molecule has 3 heteroatoms. The van der Waals surface area contributed by atoms with Gasteiger partial charge < -0.3 is 5.11 Å². The van der Waals surface area contributed by atoms with Crippen LogP contribution in [0.25, 0.3) is 0 Å². The van der Waals surface area contributed by atoms with Crippen molar-refractivity contribution >= 4 is 11.6 Å². The van der Waals surface area contributed by atoms with E-state index in [-0.39, 0.29) is 11.3 Å². The van der Waals surface area contributed by atoms with Gasteiger partial charge in [-0.25, -0.2) is 4.39 Å². The van der Waals surface area contributed by atoms with E-state index in [1.807, 2.05) is 0 Å². The van der Waals surface area contributed by atoms with Crippen LogP contribution >= 0.6 is 11.6 Å². The zero-order valence-electron chi connectivity index (χ0n) is 11.8. The molecule has 1 aliphatic rings. The number of halogens is 2. The van der Waals surface area contributed by atoms with Gasteiger partial charge in [0.1, 0.15) is 5.82 Å². The smallest absolute Gasteiger partial charge is 0.130 e. The van der Waals surface area contributed by atoms with Crippen LogP contribution in [0.1, 0.15) is 52.0 Å². The lowest BCUT2D eigenvalue weighted by Crippen LogP contribution is -2.45. The molecule has 1 N–H and O–H groups in total. The summed E-state index contributed by atoms with van der Waals surface area (Å²) in [6.45, 7) is 6.34. The zero-order valence-corrected chi connectivity index (χ0v) is 12.6. The second kappa shape index (κ2) is 5.06. The molecule has 0 spiro atoms. The van der Waals surface area contributed by atoms with Gasteiger partial charge >= 0.3 is 0 Å². The molecule has 2 atom stereocenters. The summed E-state index contributed by atoms with van der Waals surface area (Å²) >= 11 is 5.81. The number of aliphatic hydroxyl groups is 1. The van der Waals surface area contributed by atoms with Crippen LogP contribution in [-0.2, 0) is 5.60 Å². The first-order valence-electron chi connectivity index (χ1n) is 6.93. The fourth-order valence-electron chi connectivity index (χ4n) is 3.47. The summed E-state index contributed by atoms with van der Waals surface area (Å²) in [7, 11) is 0. The highest BCUT2D eigenvalue weighted by Crippen LogP contribution is 2.50. The SMILES string of the molecule is CC(C)(C)C1CCCCC1(O)c1ccc(Cl)cc1F. The summed E-state index contributed by atoms with van der Waals surface area (Å²) in [4.78, 5) is 0. The fourth-order valence-corrected chi connectivity index (χ4v) is 3.63. The molecule has 0 saturated heterocycles. The van der Waals surface area contributed by atoms with Crippen molar-refractivity contribution in [2.45, 2.75) is 52.1 Å². The van der Waals surface area contributed by atoms with Gasteiger partial charge in [-0.1, -0.05) is 51.3 Å². The van der Waals surface area contributed by atoms with Crippen LogP contribution in [0.2, 0.25) is 5.02 Å². The maximum Gasteiger partial charge on any atom is 0.130 e. The molecule has 1 fully saturated rings. The van der Waals surface area contributed by atoms with Crippen molar-refractivity contribution in [2.75, 3.05) is 0 Å². The van der Waals surface area contributed by atoms with Crippen molar-refractivity contribution in [3.8, 4) is 0 Å². The molecule has 106 valence electrons. The molecule has 0 radical (unpaired) electrons. The van der Waals surface area contributed by atoms with Gasteiger partial charge in [0.2, 0.25) is 0 Å². The highest BCUT2D eigenvalue weighted by molar-refractivity contribution is 6.30. The number of hydrogen-bond acceptors (Lipinski definition) is 1. The fraction of sp³-hybridized carbons (Fsp3) is 0.625. The summed E-state index contributed by atoms with van der Waals surface area (Å²) in [6.07, 6.45) is 3.58. The molecule has 1 aromatic rings. The van der Waals surface area contributed by atoms with Crippen LogP contribution in [0.3, 0.4) is 0 Å². The molecule has 2 rings (SSSR count). The number of hydrogen-bond donors (Lipinski definition) is 1. The van der Waals surface area contributed by atoms with Crippen molar-refractivity contribution < 1.29 is 9.50 Å². The highest BCUT2D eigenvalue weighted by Gasteiger charge is 2.47. The van der Waals surface area contributed by atoms with E-state index >= 15 is 0 Å². The molecule has 0 bridgehead atoms. The first-order valence-corrected chi connectivity index (χ1v) is 7.31. The summed E-state index contributed by atoms with van der Waals surface area (Å²) in [5.41, 5.74) is -0.733. The van der Waals surface area contributed by atoms with Crippen LogP contribution in [0.5, 0.6) is 0 Å². The first-order chi connectivity index (χ1) is 8.75. The maximum absolute atomic E-state index is 14.2. The standard InChI is InChI=1S/C16H22ClFO/c1-15(2,3)14-6-4-5-9-16(14,19)12-8-7-11(17)10-13(12)18/h7-8,10,14,19H,4-6,9H2,1-3H3. The number of benzene rings is 1. The lowest BCUT2D eigenvalue weighted by Gasteiger charge is -2.47. The highest BCUT2D eigenvalue weighted by atomic mass is 35.5. The van der Waals surface area contributed by atoms with Gasteiger partial charge in [-0.15, -0.1) is 0 Å². The molecule has 1 saturated carbocycles. The largest absolute Gasteiger partial charge is 0.385 e. The summed E-state index contributed by atoms with van der Waals surface area (Å²) in [5, 5.41) is 11.5. The quantitative estimate of drug-likeness (QED) is 0.777. The van der Waals surface area contributed by atoms with Crippen LogP contribution in [0.4, 0.5) is 4.39 Å². The van der Waals surface area contributed by atoms with E-state index in [1.165, 1.54) is 6.07 Å². The lowest BCUT2D eigenvalue weighted by molar-refractivity contribution is -0.0980. The van der Waals surface area contributed by atoms with E-state index in [2.05, 4.69) is 20.8 Å². The van der Waals surface area contributed by atoms with Crippen LogP contribution in [-0.4, -0.2) is 5.11 Å². The maximum atomic E-state index is 14.2. The van der Waals surface area contributed by atoms with Crippen LogP contribution < -0.4 is 0 Å². The average molecular weight is 285 g/mol. The molecule has 0 heterocycles. The molecule has 1 aliphatic carbocycles. The van der Waals surface area contributed by atoms with Gasteiger partial charge in [-0.3, -0.25) is 0 Å². The van der Waals surface area contributed by atoms with E-state index < -0.39 is 11.4 Å². The minimum atomic E-state index is -1.08. The van der Waals surface area contributed by atoms with E-state index in [1.54, 1.807) is 12.1 Å². The normalized spacial score (nSPS) is 28.4. The van der Waals surface area contributed by atoms with E-state index in [9.17, 15) is 9.50 Å². The molecule has 0 amide bonds. The predicted octanol–water partition coefficient (Wildman–Crippen LogP) is 4.90. The molecule has 2 unspecified atom stereocenters. The topological polar surface area (TPSA) is 20.2 Å². The second-order valence-corrected chi connectivity index (χ2v) is 7.15. The Balaban J connectivity index is 2.48. The zero-order chi connectivity index (χ0) is 14.3. The van der Waals surface area contributed by atoms with Gasteiger partial charge in [0.25, 0.3) is 0 Å². The molecule has 19 heavy (non-hydrogen) atoms. The summed E-state index contributed by atoms with van der Waals surface area (Å²) in [6, 6.07) is 4.59. The van der Waals surface area contributed by atoms with Crippen molar-refractivity contribution in [2.24, 2.45) is 11.3 Å². The van der Waals surface area contributed by atoms with E-state index in [4.69, 9.17) is 11.6 Å². The molecule has 0 aromatic heterocycles. The molecule has 1 aromatic carbocycles. The van der Waals surface area contributed by atoms with Gasteiger partial charge in [0, 0.05) is 10.6 Å². The third-order valence-corrected chi connectivity index (χ3v) is 4.56. The van der Waals surface area contributed by atoms with Gasteiger partial charge in [0.05, 0.1) is 5.60 Å². The second-order valence-electron chi connectivity index (χ2n) is 6.71. The van der Waals surface area contributed by atoms with Crippen molar-refractivity contribution in [3.63, 3.8) is 0 Å². The minimum absolute atomic E-state index is 0.0543. The van der Waals surface area contributed by atoms with Crippen LogP contribution in [0, 0.1) is 17.2 Å². The van der Waals surface area contributed by atoms with Gasteiger partial charge in [-0.05, 0) is 36.3 Å². The van der Waals surface area contributed by atoms with Gasteiger partial charge in [0.15, 0.2) is 0 Å². The van der Waals surface area contributed by atoms with E-state index in [0.717, 1.165) is 19.3 Å². The Hall–Kier alpha value is -0.600. The third-order valence-electron chi connectivity index (χ3n) is 4.32. The van der Waals surface area contributed by atoms with Gasteiger partial charge in [-0.2, -0.15) is 0 Å². The van der Waals surface area contributed by atoms with Crippen molar-refractivity contribution in [1.29, 1.82) is 0 Å². The predicted molar refractivity (Wildman–Crippen MR) is 76.7 cm³/mol. The minimum Gasteiger partial charge on any atom is -0.385 e. The lowest BCUT2D eigenvalue weighted by atomic mass is 9.61. The monoisotopic (exact) mass is 284 g/mol. The summed E-state index contributed by atoms with van der Waals surface area (Å²) in [5.74, 6) is -0.337. The van der Waals surface area contributed by atoms with E-state index in [0.29, 0.717) is 17.0 Å². The van der Waals surface area contributed by atoms with Crippen molar-refractivity contribution in [3.05, 3.63) is 34.6 Å². The number of rotatable bonds is 1.